The minimum Gasteiger partial charge on any atom is -0.322 e. The molecule has 4 rings (SSSR count). The number of anilines is 1. The molecule has 8 heteroatoms. The summed E-state index contributed by atoms with van der Waals surface area (Å²) in [5.74, 6) is 0.0793. The second kappa shape index (κ2) is 9.80. The van der Waals surface area contributed by atoms with Crippen molar-refractivity contribution in [2.45, 2.75) is 13.1 Å². The largest absolute Gasteiger partial charge is 0.322 e. The molecule has 2 aromatic rings. The molecule has 2 aromatic carbocycles. The summed E-state index contributed by atoms with van der Waals surface area (Å²) in [6, 6.07) is 18.3. The second-order valence-electron chi connectivity index (χ2n) is 8.30. The Morgan fingerprint density at radius 1 is 0.742 bits per heavy atom. The maximum atomic E-state index is 12.3. The van der Waals surface area contributed by atoms with E-state index in [1.807, 2.05) is 24.3 Å². The van der Waals surface area contributed by atoms with Crippen molar-refractivity contribution in [2.24, 2.45) is 0 Å². The average molecular weight is 443 g/mol. The zero-order valence-electron chi connectivity index (χ0n) is 17.7. The molecule has 31 heavy (non-hydrogen) atoms. The van der Waals surface area contributed by atoms with Gasteiger partial charge in [0.25, 0.3) is 0 Å². The number of carbonyl (C=O) groups is 1. The van der Waals surface area contributed by atoms with Crippen molar-refractivity contribution >= 4 is 21.6 Å². The van der Waals surface area contributed by atoms with Gasteiger partial charge in [-0.25, -0.2) is 13.2 Å². The van der Waals surface area contributed by atoms with Gasteiger partial charge >= 0.3 is 6.03 Å². The molecule has 0 unspecified atom stereocenters. The summed E-state index contributed by atoms with van der Waals surface area (Å²) in [6.07, 6.45) is 0. The van der Waals surface area contributed by atoms with Crippen LogP contribution in [0.1, 0.15) is 11.1 Å². The van der Waals surface area contributed by atoms with Crippen LogP contribution in [0.3, 0.4) is 0 Å². The molecular formula is C23H30N4O3S. The van der Waals surface area contributed by atoms with E-state index in [9.17, 15) is 13.2 Å². The highest BCUT2D eigenvalue weighted by atomic mass is 32.2. The van der Waals surface area contributed by atoms with Crippen LogP contribution < -0.4 is 5.32 Å². The Labute approximate surface area is 184 Å². The molecular weight excluding hydrogens is 412 g/mol. The molecule has 2 aliphatic rings. The fraction of sp³-hybridized carbons (Fsp3) is 0.435. The van der Waals surface area contributed by atoms with Crippen LogP contribution in [0.4, 0.5) is 10.5 Å². The predicted molar refractivity (Wildman–Crippen MR) is 123 cm³/mol. The highest BCUT2D eigenvalue weighted by Gasteiger charge is 2.25. The molecule has 0 bridgehead atoms. The van der Waals surface area contributed by atoms with Crippen LogP contribution in [-0.2, 0) is 22.9 Å². The molecule has 166 valence electrons. The van der Waals surface area contributed by atoms with Crippen LogP contribution in [0.5, 0.6) is 0 Å². The molecule has 2 saturated heterocycles. The van der Waals surface area contributed by atoms with Crippen LogP contribution in [-0.4, -0.2) is 79.9 Å². The van der Waals surface area contributed by atoms with Crippen LogP contribution in [0, 0.1) is 0 Å². The molecule has 0 radical (unpaired) electrons. The average Bonchev–Trinajstić information content (AvgIpc) is 2.77. The van der Waals surface area contributed by atoms with Gasteiger partial charge in [0.2, 0.25) is 0 Å². The highest BCUT2D eigenvalue weighted by molar-refractivity contribution is 7.91. The Bertz CT molecular complexity index is 958. The van der Waals surface area contributed by atoms with Gasteiger partial charge in [-0.2, -0.15) is 0 Å². The summed E-state index contributed by atoms with van der Waals surface area (Å²) < 4.78 is 23.0. The van der Waals surface area contributed by atoms with Gasteiger partial charge in [0.1, 0.15) is 0 Å². The molecule has 2 amide bonds. The quantitative estimate of drug-likeness (QED) is 0.769. The van der Waals surface area contributed by atoms with E-state index in [0.717, 1.165) is 45.0 Å². The highest BCUT2D eigenvalue weighted by Crippen LogP contribution is 2.15. The summed E-state index contributed by atoms with van der Waals surface area (Å²) in [6.45, 7) is 6.63. The van der Waals surface area contributed by atoms with Crippen LogP contribution in [0.15, 0.2) is 54.6 Å². The summed E-state index contributed by atoms with van der Waals surface area (Å²) in [4.78, 5) is 18.9. The smallest absolute Gasteiger partial charge is 0.321 e. The Balaban J connectivity index is 1.21. The number of hydrogen-bond donors (Lipinski definition) is 1. The minimum atomic E-state index is -2.99. The number of rotatable bonds is 5. The van der Waals surface area contributed by atoms with E-state index >= 15 is 0 Å². The van der Waals surface area contributed by atoms with Crippen molar-refractivity contribution in [3.63, 3.8) is 0 Å². The fourth-order valence-electron chi connectivity index (χ4n) is 4.02. The predicted octanol–water partition coefficient (Wildman–Crippen LogP) is 2.27. The summed E-state index contributed by atoms with van der Waals surface area (Å²) in [7, 11) is -2.99. The zero-order valence-corrected chi connectivity index (χ0v) is 18.6. The molecule has 2 aliphatic heterocycles. The number of hydrogen-bond acceptors (Lipinski definition) is 5. The van der Waals surface area contributed by atoms with E-state index in [-0.39, 0.29) is 30.6 Å². The Kier molecular flexibility index (Phi) is 6.89. The topological polar surface area (TPSA) is 73.0 Å². The third kappa shape index (κ3) is 6.29. The lowest BCUT2D eigenvalue weighted by Gasteiger charge is -2.34. The van der Waals surface area contributed by atoms with Gasteiger partial charge in [-0.1, -0.05) is 42.5 Å². The first-order chi connectivity index (χ1) is 15.0. The van der Waals surface area contributed by atoms with Gasteiger partial charge in [-0.3, -0.25) is 9.80 Å². The number of sulfone groups is 1. The van der Waals surface area contributed by atoms with Gasteiger partial charge in [0.05, 0.1) is 11.5 Å². The standard InChI is InChI=1S/C23H30N4O3S/c28-23(27-14-16-31(29,30)17-15-27)24-22-8-6-21(7-9-22)19-26-12-10-25(11-13-26)18-20-4-2-1-3-5-20/h1-9H,10-19H2,(H,24,28). The lowest BCUT2D eigenvalue weighted by molar-refractivity contribution is 0.122. The molecule has 0 spiro atoms. The van der Waals surface area contributed by atoms with E-state index in [1.165, 1.54) is 11.1 Å². The summed E-state index contributed by atoms with van der Waals surface area (Å²) >= 11 is 0. The lowest BCUT2D eigenvalue weighted by Crippen LogP contribution is -2.45. The van der Waals surface area contributed by atoms with E-state index in [0.29, 0.717) is 0 Å². The molecule has 1 N–H and O–H groups in total. The Morgan fingerprint density at radius 2 is 1.26 bits per heavy atom. The number of carbonyl (C=O) groups excluding carboxylic acids is 1. The van der Waals surface area contributed by atoms with Crippen molar-refractivity contribution in [3.05, 3.63) is 65.7 Å². The van der Waals surface area contributed by atoms with Crippen LogP contribution in [0.25, 0.3) is 0 Å². The van der Waals surface area contributed by atoms with E-state index in [4.69, 9.17) is 0 Å². The Hall–Kier alpha value is -2.42. The maximum absolute atomic E-state index is 12.3. The third-order valence-electron chi connectivity index (χ3n) is 5.96. The normalized spacial score (nSPS) is 19.8. The van der Waals surface area contributed by atoms with Gasteiger partial charge in [0, 0.05) is 58.0 Å². The number of benzene rings is 2. The third-order valence-corrected chi connectivity index (χ3v) is 7.57. The number of piperazine rings is 1. The van der Waals surface area contributed by atoms with Gasteiger partial charge in [-0.05, 0) is 23.3 Å². The van der Waals surface area contributed by atoms with Gasteiger partial charge in [0.15, 0.2) is 9.84 Å². The van der Waals surface area contributed by atoms with Gasteiger partial charge < -0.3 is 10.2 Å². The van der Waals surface area contributed by atoms with Crippen molar-refractivity contribution < 1.29 is 13.2 Å². The van der Waals surface area contributed by atoms with E-state index < -0.39 is 9.84 Å². The molecule has 0 atom stereocenters. The molecule has 0 aromatic heterocycles. The molecule has 2 fully saturated rings. The number of urea groups is 1. The molecule has 0 saturated carbocycles. The zero-order chi connectivity index (χ0) is 21.7. The van der Waals surface area contributed by atoms with E-state index in [1.54, 1.807) is 4.90 Å². The molecule has 7 nitrogen and oxygen atoms in total. The lowest BCUT2D eigenvalue weighted by atomic mass is 10.1. The molecule has 0 aliphatic carbocycles. The summed E-state index contributed by atoms with van der Waals surface area (Å²) in [5.41, 5.74) is 3.31. The van der Waals surface area contributed by atoms with Crippen molar-refractivity contribution in [1.82, 2.24) is 14.7 Å². The first-order valence-electron chi connectivity index (χ1n) is 10.8. The number of nitrogens with zero attached hydrogens (tertiary/aromatic N) is 3. The second-order valence-corrected chi connectivity index (χ2v) is 10.6. The number of nitrogens with one attached hydrogen (secondary N) is 1. The SMILES string of the molecule is O=C(Nc1ccc(CN2CCN(Cc3ccccc3)CC2)cc1)N1CCS(=O)(=O)CC1. The van der Waals surface area contributed by atoms with E-state index in [2.05, 4.69) is 45.4 Å². The maximum Gasteiger partial charge on any atom is 0.321 e. The monoisotopic (exact) mass is 442 g/mol. The first-order valence-corrected chi connectivity index (χ1v) is 12.6. The van der Waals surface area contributed by atoms with Crippen molar-refractivity contribution in [1.29, 1.82) is 0 Å². The van der Waals surface area contributed by atoms with Crippen LogP contribution >= 0.6 is 0 Å². The Morgan fingerprint density at radius 3 is 1.81 bits per heavy atom. The van der Waals surface area contributed by atoms with Crippen LogP contribution in [0.2, 0.25) is 0 Å². The first kappa shape index (κ1) is 21.8. The molecule has 2 heterocycles. The minimum absolute atomic E-state index is 0.0397. The number of amides is 2. The van der Waals surface area contributed by atoms with Crippen molar-refractivity contribution in [2.75, 3.05) is 56.1 Å². The van der Waals surface area contributed by atoms with Crippen molar-refractivity contribution in [3.8, 4) is 0 Å². The van der Waals surface area contributed by atoms with Gasteiger partial charge in [-0.15, -0.1) is 0 Å². The fourth-order valence-corrected chi connectivity index (χ4v) is 5.22. The summed E-state index contributed by atoms with van der Waals surface area (Å²) in [5, 5.41) is 2.87.